The maximum atomic E-state index is 13.3. The summed E-state index contributed by atoms with van der Waals surface area (Å²) in [4.78, 5) is 25.6. The van der Waals surface area contributed by atoms with Crippen LogP contribution in [0.1, 0.15) is 42.7 Å². The summed E-state index contributed by atoms with van der Waals surface area (Å²) in [5.41, 5.74) is 3.73. The number of aliphatic hydroxyl groups excluding tert-OH is 1. The van der Waals surface area contributed by atoms with E-state index in [1.807, 2.05) is 30.8 Å². The van der Waals surface area contributed by atoms with E-state index in [4.69, 9.17) is 0 Å². The van der Waals surface area contributed by atoms with Crippen LogP contribution in [0.3, 0.4) is 0 Å². The first-order chi connectivity index (χ1) is 19.9. The molecular weight excluding hydrogens is 530 g/mol. The zero-order valence-corrected chi connectivity index (χ0v) is 23.5. The van der Waals surface area contributed by atoms with Gasteiger partial charge in [-0.2, -0.15) is 5.10 Å². The van der Waals surface area contributed by atoms with Gasteiger partial charge >= 0.3 is 0 Å². The fourth-order valence-electron chi connectivity index (χ4n) is 4.12. The lowest BCUT2D eigenvalue weighted by molar-refractivity contribution is -0.116. The van der Waals surface area contributed by atoms with Gasteiger partial charge in [-0.1, -0.05) is 6.07 Å². The van der Waals surface area contributed by atoms with E-state index in [1.54, 1.807) is 47.5 Å². The van der Waals surface area contributed by atoms with Gasteiger partial charge in [0.2, 0.25) is 5.91 Å². The van der Waals surface area contributed by atoms with Crippen LogP contribution in [-0.2, 0) is 17.9 Å². The lowest BCUT2D eigenvalue weighted by atomic mass is 10.1. The van der Waals surface area contributed by atoms with Crippen molar-refractivity contribution in [3.05, 3.63) is 95.5 Å². The minimum Gasteiger partial charge on any atom is -0.388 e. The summed E-state index contributed by atoms with van der Waals surface area (Å²) in [7, 11) is 0.500. The van der Waals surface area contributed by atoms with Crippen molar-refractivity contribution in [2.24, 2.45) is 4.99 Å². The number of anilines is 2. The molecule has 0 saturated carbocycles. The van der Waals surface area contributed by atoms with Crippen molar-refractivity contribution in [1.29, 1.82) is 0 Å². The van der Waals surface area contributed by atoms with Gasteiger partial charge in [-0.25, -0.2) is 9.37 Å². The Kier molecular flexibility index (Phi) is 12.1. The fourth-order valence-corrected chi connectivity index (χ4v) is 4.12. The van der Waals surface area contributed by atoms with Gasteiger partial charge in [0.25, 0.3) is 0 Å². The van der Waals surface area contributed by atoms with Gasteiger partial charge in [-0.05, 0) is 56.2 Å². The van der Waals surface area contributed by atoms with E-state index in [9.17, 15) is 18.7 Å². The number of nitrogens with one attached hydrogen (secondary N) is 2. The first-order valence-corrected chi connectivity index (χ1v) is 13.3. The molecule has 0 aliphatic rings. The van der Waals surface area contributed by atoms with Crippen LogP contribution in [0.2, 0.25) is 0 Å². The highest BCUT2D eigenvalue weighted by atomic mass is 19.1. The first-order valence-electron chi connectivity index (χ1n) is 13.3. The van der Waals surface area contributed by atoms with Crippen molar-refractivity contribution in [2.75, 3.05) is 30.9 Å². The molecule has 1 unspecified atom stereocenters. The second-order valence-corrected chi connectivity index (χ2v) is 9.09. The Bertz CT molecular complexity index is 1460. The maximum absolute atomic E-state index is 13.3. The molecule has 0 fully saturated rings. The smallest absolute Gasteiger partial charge is 0.226 e. The number of nitrogens with zero attached hydrogens (tertiary/aromatic N) is 6. The van der Waals surface area contributed by atoms with E-state index in [-0.39, 0.29) is 12.3 Å². The topological polar surface area (TPSA) is 122 Å². The molecule has 3 N–H and O–H groups in total. The molecule has 0 radical (unpaired) electrons. The number of rotatable bonds is 12. The molecule has 218 valence electrons. The number of carbonyl (C=O) groups excluding carboxylic acids is 1. The van der Waals surface area contributed by atoms with Crippen LogP contribution in [-0.4, -0.2) is 55.6 Å². The molecule has 0 saturated heterocycles. The van der Waals surface area contributed by atoms with Gasteiger partial charge in [0, 0.05) is 62.1 Å². The van der Waals surface area contributed by atoms with Gasteiger partial charge in [-0.3, -0.25) is 23.8 Å². The number of aryl methyl sites for hydroxylation is 2. The predicted molar refractivity (Wildman–Crippen MR) is 153 cm³/mol. The number of aromatic nitrogens is 5. The third kappa shape index (κ3) is 9.60. The van der Waals surface area contributed by atoms with Crippen LogP contribution >= 0.6 is 0 Å². The number of benzene rings is 1. The number of halogens is 2. The Morgan fingerprint density at radius 2 is 1.95 bits per heavy atom. The molecule has 0 aliphatic carbocycles. The van der Waals surface area contributed by atoms with E-state index in [0.29, 0.717) is 56.8 Å². The molecular formula is C29H36F2N8O2. The minimum atomic E-state index is -0.606. The molecule has 10 nitrogen and oxygen atoms in total. The summed E-state index contributed by atoms with van der Waals surface area (Å²) in [6.07, 6.45) is 9.03. The number of pyridine rings is 1. The molecule has 4 rings (SSSR count). The average Bonchev–Trinajstić information content (AvgIpc) is 3.42. The predicted octanol–water partition coefficient (Wildman–Crippen LogP) is 4.04. The highest BCUT2D eigenvalue weighted by Crippen LogP contribution is 2.15. The molecule has 4 aromatic rings. The quantitative estimate of drug-likeness (QED) is 0.238. The summed E-state index contributed by atoms with van der Waals surface area (Å²) in [5, 5.41) is 20.9. The van der Waals surface area contributed by atoms with Crippen molar-refractivity contribution < 1.29 is 18.7 Å². The van der Waals surface area contributed by atoms with Gasteiger partial charge in [-0.15, -0.1) is 0 Å². The number of hydrogen-bond donors (Lipinski definition) is 3. The maximum Gasteiger partial charge on any atom is 0.226 e. The number of carbonyl (C=O) groups is 1. The van der Waals surface area contributed by atoms with Crippen LogP contribution in [0.4, 0.5) is 20.3 Å². The largest absolute Gasteiger partial charge is 0.388 e. The number of alkyl halides is 1. The van der Waals surface area contributed by atoms with Crippen LogP contribution < -0.4 is 16.1 Å². The van der Waals surface area contributed by atoms with E-state index in [1.165, 1.54) is 12.1 Å². The summed E-state index contributed by atoms with van der Waals surface area (Å²) < 4.78 is 26.6. The number of hydrogen-bond acceptors (Lipinski definition) is 7. The van der Waals surface area contributed by atoms with E-state index >= 15 is 0 Å². The molecule has 3 heterocycles. The molecule has 0 bridgehead atoms. The molecule has 0 spiro atoms. The molecule has 3 aromatic heterocycles. The fraction of sp³-hybridized carbons (Fsp3) is 0.345. The van der Waals surface area contributed by atoms with E-state index in [2.05, 4.69) is 30.7 Å². The van der Waals surface area contributed by atoms with E-state index < -0.39 is 11.9 Å². The van der Waals surface area contributed by atoms with Crippen LogP contribution in [0.15, 0.2) is 72.4 Å². The highest BCUT2D eigenvalue weighted by molar-refractivity contribution is 5.90. The minimum absolute atomic E-state index is 0.203. The van der Waals surface area contributed by atoms with Gasteiger partial charge in [0.05, 0.1) is 31.7 Å². The molecule has 41 heavy (non-hydrogen) atoms. The van der Waals surface area contributed by atoms with Gasteiger partial charge < -0.3 is 20.3 Å². The number of amides is 1. The SMILES string of the molecule is CCN=c1c(NCCC(O)c2ccncc2)nc(C)cn1Cc1cnn(CCC(=O)Nc2cccc(F)c2)c1.CF. The Morgan fingerprint density at radius 1 is 1.17 bits per heavy atom. The average molecular weight is 567 g/mol. The summed E-state index contributed by atoms with van der Waals surface area (Å²) in [6.45, 7) is 5.89. The third-order valence-electron chi connectivity index (χ3n) is 5.94. The summed E-state index contributed by atoms with van der Waals surface area (Å²) in [5.74, 6) is 0.0363. The Balaban J connectivity index is 0.00000226. The second-order valence-electron chi connectivity index (χ2n) is 9.09. The van der Waals surface area contributed by atoms with Crippen LogP contribution in [0, 0.1) is 12.7 Å². The normalized spacial score (nSPS) is 11.9. The molecule has 0 aliphatic heterocycles. The Morgan fingerprint density at radius 3 is 2.68 bits per heavy atom. The Labute approximate surface area is 237 Å². The van der Waals surface area contributed by atoms with Crippen LogP contribution in [0.25, 0.3) is 0 Å². The summed E-state index contributed by atoms with van der Waals surface area (Å²) >= 11 is 0. The van der Waals surface area contributed by atoms with Gasteiger partial charge in [0.15, 0.2) is 11.3 Å². The number of aliphatic hydroxyl groups is 1. The molecule has 12 heteroatoms. The first kappa shape index (κ1) is 31.1. The molecule has 1 atom stereocenters. The lowest BCUT2D eigenvalue weighted by Crippen LogP contribution is -2.28. The molecule has 1 aromatic carbocycles. The van der Waals surface area contributed by atoms with Crippen molar-refractivity contribution >= 4 is 17.4 Å². The zero-order chi connectivity index (χ0) is 29.6. The Hall–Kier alpha value is -4.45. The third-order valence-corrected chi connectivity index (χ3v) is 5.94. The second kappa shape index (κ2) is 16.0. The zero-order valence-electron chi connectivity index (χ0n) is 23.5. The lowest BCUT2D eigenvalue weighted by Gasteiger charge is -2.15. The highest BCUT2D eigenvalue weighted by Gasteiger charge is 2.11. The van der Waals surface area contributed by atoms with E-state index in [0.717, 1.165) is 16.8 Å². The van der Waals surface area contributed by atoms with Crippen molar-refractivity contribution in [1.82, 2.24) is 24.3 Å². The van der Waals surface area contributed by atoms with Crippen molar-refractivity contribution in [3.63, 3.8) is 0 Å². The standard InChI is InChI=1S/C28H33FN8O2.CH3F/c1-3-31-28-27(32-13-9-25(38)22-7-11-30-12-8-22)34-20(2)17-36(28)18-21-16-33-37(19-21)14-10-26(39)35-24-6-4-5-23(29)15-24;1-2/h4-8,11-12,15-17,19,25,38H,3,9-10,13-14,18H2,1-2H3,(H,32,34)(H,35,39);1H3. The molecule has 1 amide bonds. The van der Waals surface area contributed by atoms with Crippen molar-refractivity contribution in [2.45, 2.75) is 45.9 Å². The van der Waals surface area contributed by atoms with Crippen molar-refractivity contribution in [3.8, 4) is 0 Å². The van der Waals surface area contributed by atoms with Gasteiger partial charge in [0.1, 0.15) is 5.82 Å². The monoisotopic (exact) mass is 566 g/mol. The summed E-state index contributed by atoms with van der Waals surface area (Å²) in [6, 6.07) is 9.41. The van der Waals surface area contributed by atoms with Crippen LogP contribution in [0.5, 0.6) is 0 Å².